The molecule has 1 aliphatic rings. The summed E-state index contributed by atoms with van der Waals surface area (Å²) >= 11 is 0. The Hall–Kier alpha value is -2.53. The molecule has 0 heterocycles. The fourth-order valence-corrected chi connectivity index (χ4v) is 4.10. The summed E-state index contributed by atoms with van der Waals surface area (Å²) in [6, 6.07) is 11.0. The molecule has 1 N–H and O–H groups in total. The molecule has 1 fully saturated rings. The molecule has 3 atom stereocenters. The first-order valence-electron chi connectivity index (χ1n) is 9.57. The van der Waals surface area contributed by atoms with Crippen LogP contribution in [0, 0.1) is 12.8 Å². The molecule has 1 aliphatic carbocycles. The average Bonchev–Trinajstić information content (AvgIpc) is 2.74. The van der Waals surface area contributed by atoms with Crippen molar-refractivity contribution in [1.82, 2.24) is 0 Å². The summed E-state index contributed by atoms with van der Waals surface area (Å²) in [7, 11) is 4.83. The zero-order chi connectivity index (χ0) is 20.3. The summed E-state index contributed by atoms with van der Waals surface area (Å²) in [6.07, 6.45) is 2.38. The van der Waals surface area contributed by atoms with Crippen molar-refractivity contribution in [2.75, 3.05) is 21.3 Å². The predicted molar refractivity (Wildman–Crippen MR) is 108 cm³/mol. The minimum absolute atomic E-state index is 0.0151. The van der Waals surface area contributed by atoms with Gasteiger partial charge in [-0.2, -0.15) is 0 Å². The van der Waals surface area contributed by atoms with Crippen LogP contribution in [0.3, 0.4) is 0 Å². The highest BCUT2D eigenvalue weighted by Crippen LogP contribution is 2.43. The minimum atomic E-state index is -0.262. The van der Waals surface area contributed by atoms with Crippen molar-refractivity contribution in [2.24, 2.45) is 5.92 Å². The van der Waals surface area contributed by atoms with Crippen molar-refractivity contribution < 1.29 is 24.1 Å². The number of Topliss-reactive ketones (excluding diaryl/α,β-unsaturated/α-hetero) is 1. The summed E-state index contributed by atoms with van der Waals surface area (Å²) in [5.41, 5.74) is 2.33. The van der Waals surface area contributed by atoms with Crippen molar-refractivity contribution in [3.05, 3.63) is 53.1 Å². The number of hydrogen-bond acceptors (Lipinski definition) is 5. The minimum Gasteiger partial charge on any atom is -0.508 e. The molecule has 150 valence electrons. The van der Waals surface area contributed by atoms with E-state index in [1.807, 2.05) is 19.1 Å². The SMILES string of the molecule is COc1ccc(OC)c(C(=O)C2CC(OC)CCC2c2ccc(C)c(O)c2)c1. The van der Waals surface area contributed by atoms with E-state index < -0.39 is 0 Å². The Bertz CT molecular complexity index is 845. The summed E-state index contributed by atoms with van der Waals surface area (Å²) in [6.45, 7) is 1.87. The summed E-state index contributed by atoms with van der Waals surface area (Å²) in [4.78, 5) is 13.6. The lowest BCUT2D eigenvalue weighted by Gasteiger charge is -2.35. The van der Waals surface area contributed by atoms with E-state index in [9.17, 15) is 9.90 Å². The van der Waals surface area contributed by atoms with Gasteiger partial charge in [-0.3, -0.25) is 4.79 Å². The lowest BCUT2D eigenvalue weighted by atomic mass is 9.71. The van der Waals surface area contributed by atoms with Crippen LogP contribution >= 0.6 is 0 Å². The van der Waals surface area contributed by atoms with Crippen LogP contribution in [0.5, 0.6) is 17.2 Å². The van der Waals surface area contributed by atoms with Gasteiger partial charge in [0.15, 0.2) is 5.78 Å². The molecular weight excluding hydrogens is 356 g/mol. The van der Waals surface area contributed by atoms with E-state index in [-0.39, 0.29) is 29.5 Å². The van der Waals surface area contributed by atoms with E-state index in [4.69, 9.17) is 14.2 Å². The first kappa shape index (κ1) is 20.2. The van der Waals surface area contributed by atoms with Gasteiger partial charge >= 0.3 is 0 Å². The monoisotopic (exact) mass is 384 g/mol. The van der Waals surface area contributed by atoms with E-state index >= 15 is 0 Å². The van der Waals surface area contributed by atoms with Crippen LogP contribution in [-0.2, 0) is 4.74 Å². The van der Waals surface area contributed by atoms with E-state index in [0.717, 1.165) is 24.0 Å². The van der Waals surface area contributed by atoms with Gasteiger partial charge in [-0.25, -0.2) is 0 Å². The van der Waals surface area contributed by atoms with Crippen molar-refractivity contribution in [3.63, 3.8) is 0 Å². The molecule has 0 bridgehead atoms. The fourth-order valence-electron chi connectivity index (χ4n) is 4.10. The number of carbonyl (C=O) groups excluding carboxylic acids is 1. The van der Waals surface area contributed by atoms with Gasteiger partial charge in [0.2, 0.25) is 0 Å². The largest absolute Gasteiger partial charge is 0.508 e. The topological polar surface area (TPSA) is 65.0 Å². The number of carbonyl (C=O) groups is 1. The molecule has 0 radical (unpaired) electrons. The first-order valence-corrected chi connectivity index (χ1v) is 9.57. The van der Waals surface area contributed by atoms with Gasteiger partial charge < -0.3 is 19.3 Å². The molecular formula is C23H28O5. The van der Waals surface area contributed by atoms with Gasteiger partial charge in [-0.05, 0) is 67.5 Å². The summed E-state index contributed by atoms with van der Waals surface area (Å²) < 4.78 is 16.3. The Morgan fingerprint density at radius 1 is 1.04 bits per heavy atom. The number of phenols is 1. The number of ketones is 1. The third kappa shape index (κ3) is 3.99. The number of benzene rings is 2. The van der Waals surface area contributed by atoms with Crippen molar-refractivity contribution in [1.29, 1.82) is 0 Å². The van der Waals surface area contributed by atoms with Crippen molar-refractivity contribution >= 4 is 5.78 Å². The molecule has 28 heavy (non-hydrogen) atoms. The van der Waals surface area contributed by atoms with Gasteiger partial charge in [0, 0.05) is 13.0 Å². The maximum Gasteiger partial charge on any atom is 0.170 e. The third-order valence-corrected chi connectivity index (χ3v) is 5.81. The Kier molecular flexibility index (Phi) is 6.25. The second-order valence-electron chi connectivity index (χ2n) is 7.36. The number of methoxy groups -OCH3 is 3. The molecule has 2 aromatic carbocycles. The van der Waals surface area contributed by atoms with Crippen molar-refractivity contribution in [2.45, 2.75) is 38.2 Å². The van der Waals surface area contributed by atoms with E-state index in [2.05, 4.69) is 0 Å². The molecule has 3 unspecified atom stereocenters. The Balaban J connectivity index is 2.00. The van der Waals surface area contributed by atoms with Crippen LogP contribution in [0.4, 0.5) is 0 Å². The quantitative estimate of drug-likeness (QED) is 0.743. The second kappa shape index (κ2) is 8.65. The molecule has 5 nitrogen and oxygen atoms in total. The van der Waals surface area contributed by atoms with Gasteiger partial charge in [0.1, 0.15) is 17.2 Å². The van der Waals surface area contributed by atoms with Crippen LogP contribution in [0.1, 0.15) is 46.7 Å². The predicted octanol–water partition coefficient (Wildman–Crippen LogP) is 4.50. The number of phenolic OH excluding ortho intramolecular Hbond substituents is 1. The lowest BCUT2D eigenvalue weighted by Crippen LogP contribution is -2.33. The van der Waals surface area contributed by atoms with Crippen LogP contribution in [0.15, 0.2) is 36.4 Å². The highest BCUT2D eigenvalue weighted by molar-refractivity contribution is 6.01. The number of hydrogen-bond donors (Lipinski definition) is 1. The smallest absolute Gasteiger partial charge is 0.170 e. The normalized spacial score (nSPS) is 21.9. The first-order chi connectivity index (χ1) is 13.5. The molecule has 0 aliphatic heterocycles. The molecule has 5 heteroatoms. The van der Waals surface area contributed by atoms with Gasteiger partial charge in [0.25, 0.3) is 0 Å². The summed E-state index contributed by atoms with van der Waals surface area (Å²) in [5, 5.41) is 10.2. The maximum atomic E-state index is 13.6. The molecule has 2 aromatic rings. The molecule has 0 aromatic heterocycles. The molecule has 0 saturated heterocycles. The number of aromatic hydroxyl groups is 1. The standard InChI is InChI=1S/C23H28O5/c1-14-5-6-15(11-21(14)24)18-9-7-16(26-2)12-19(18)23(25)20-13-17(27-3)8-10-22(20)28-4/h5-6,8,10-11,13,16,18-19,24H,7,9,12H2,1-4H3. The molecule has 0 amide bonds. The Labute approximate surface area is 166 Å². The summed E-state index contributed by atoms with van der Waals surface area (Å²) in [5.74, 6) is 1.19. The number of ether oxygens (including phenoxy) is 3. The van der Waals surface area contributed by atoms with Crippen molar-refractivity contribution in [3.8, 4) is 17.2 Å². The van der Waals surface area contributed by atoms with E-state index in [1.165, 1.54) is 0 Å². The molecule has 3 rings (SSSR count). The molecule has 1 saturated carbocycles. The fraction of sp³-hybridized carbons (Fsp3) is 0.435. The zero-order valence-corrected chi connectivity index (χ0v) is 16.9. The third-order valence-electron chi connectivity index (χ3n) is 5.81. The lowest BCUT2D eigenvalue weighted by molar-refractivity contribution is 0.0388. The molecule has 0 spiro atoms. The van der Waals surface area contributed by atoms with Crippen LogP contribution in [0.2, 0.25) is 0 Å². The van der Waals surface area contributed by atoms with Crippen LogP contribution in [0.25, 0.3) is 0 Å². The Morgan fingerprint density at radius 3 is 2.46 bits per heavy atom. The van der Waals surface area contributed by atoms with E-state index in [1.54, 1.807) is 45.6 Å². The van der Waals surface area contributed by atoms with Crippen LogP contribution in [-0.4, -0.2) is 38.3 Å². The second-order valence-corrected chi connectivity index (χ2v) is 7.36. The highest BCUT2D eigenvalue weighted by atomic mass is 16.5. The number of rotatable bonds is 6. The Morgan fingerprint density at radius 2 is 1.82 bits per heavy atom. The van der Waals surface area contributed by atoms with Gasteiger partial charge in [0.05, 0.1) is 25.9 Å². The maximum absolute atomic E-state index is 13.6. The average molecular weight is 384 g/mol. The number of aryl methyl sites for hydroxylation is 1. The highest BCUT2D eigenvalue weighted by Gasteiger charge is 2.37. The zero-order valence-electron chi connectivity index (χ0n) is 16.9. The van der Waals surface area contributed by atoms with Crippen LogP contribution < -0.4 is 9.47 Å². The van der Waals surface area contributed by atoms with Gasteiger partial charge in [-0.1, -0.05) is 12.1 Å². The van der Waals surface area contributed by atoms with E-state index in [0.29, 0.717) is 23.5 Å². The van der Waals surface area contributed by atoms with Gasteiger partial charge in [-0.15, -0.1) is 0 Å².